The molecule has 0 atom stereocenters. The standard InChI is InChI=1S/C13H15BrN2O/c1-16(2)7-8-17-13-5-6-15-12-4-3-10(14)9-11(12)13/h3-6,9H,7-8H2,1-2H3. The van der Waals surface area contributed by atoms with E-state index in [4.69, 9.17) is 4.74 Å². The second-order valence-corrected chi connectivity index (χ2v) is 5.04. The number of likely N-dealkylation sites (N-methyl/N-ethyl adjacent to an activating group) is 1. The summed E-state index contributed by atoms with van der Waals surface area (Å²) in [5.41, 5.74) is 0.954. The van der Waals surface area contributed by atoms with Crippen LogP contribution in [0.15, 0.2) is 34.9 Å². The summed E-state index contributed by atoms with van der Waals surface area (Å²) < 4.78 is 6.82. The highest BCUT2D eigenvalue weighted by Gasteiger charge is 2.03. The van der Waals surface area contributed by atoms with Gasteiger partial charge in [0.2, 0.25) is 0 Å². The van der Waals surface area contributed by atoms with Gasteiger partial charge in [0.15, 0.2) is 0 Å². The lowest BCUT2D eigenvalue weighted by Crippen LogP contribution is -2.19. The predicted octanol–water partition coefficient (Wildman–Crippen LogP) is 2.94. The minimum atomic E-state index is 0.679. The third-order valence-electron chi connectivity index (χ3n) is 2.46. The minimum absolute atomic E-state index is 0.679. The van der Waals surface area contributed by atoms with Gasteiger partial charge in [-0.05, 0) is 38.4 Å². The van der Waals surface area contributed by atoms with Gasteiger partial charge in [-0.25, -0.2) is 0 Å². The van der Waals surface area contributed by atoms with Gasteiger partial charge in [-0.2, -0.15) is 0 Å². The van der Waals surface area contributed by atoms with Crippen LogP contribution >= 0.6 is 15.9 Å². The molecule has 0 radical (unpaired) electrons. The predicted molar refractivity (Wildman–Crippen MR) is 73.5 cm³/mol. The Balaban J connectivity index is 2.24. The molecule has 0 aliphatic carbocycles. The lowest BCUT2D eigenvalue weighted by Gasteiger charge is -2.12. The van der Waals surface area contributed by atoms with Crippen molar-refractivity contribution in [1.82, 2.24) is 9.88 Å². The van der Waals surface area contributed by atoms with Crippen LogP contribution in [-0.2, 0) is 0 Å². The molecular formula is C13H15BrN2O. The second kappa shape index (κ2) is 5.47. The first kappa shape index (κ1) is 12.3. The summed E-state index contributed by atoms with van der Waals surface area (Å²) >= 11 is 3.47. The number of fused-ring (bicyclic) bond motifs is 1. The summed E-state index contributed by atoms with van der Waals surface area (Å²) in [5, 5.41) is 1.04. The summed E-state index contributed by atoms with van der Waals surface area (Å²) in [6, 6.07) is 7.91. The van der Waals surface area contributed by atoms with E-state index < -0.39 is 0 Å². The Bertz CT molecular complexity index is 514. The minimum Gasteiger partial charge on any atom is -0.491 e. The van der Waals surface area contributed by atoms with Crippen LogP contribution in [0.25, 0.3) is 10.9 Å². The first-order valence-corrected chi connectivity index (χ1v) is 6.28. The quantitative estimate of drug-likeness (QED) is 0.867. The van der Waals surface area contributed by atoms with Gasteiger partial charge in [0.05, 0.1) is 5.52 Å². The van der Waals surface area contributed by atoms with Crippen molar-refractivity contribution in [3.63, 3.8) is 0 Å². The van der Waals surface area contributed by atoms with Gasteiger partial charge in [0, 0.05) is 22.6 Å². The van der Waals surface area contributed by atoms with E-state index in [2.05, 4.69) is 25.8 Å². The molecule has 0 saturated carbocycles. The number of rotatable bonds is 4. The summed E-state index contributed by atoms with van der Waals surface area (Å²) in [6.45, 7) is 1.58. The SMILES string of the molecule is CN(C)CCOc1ccnc2ccc(Br)cc12. The number of nitrogens with zero attached hydrogens (tertiary/aromatic N) is 2. The van der Waals surface area contributed by atoms with E-state index in [-0.39, 0.29) is 0 Å². The largest absolute Gasteiger partial charge is 0.491 e. The summed E-state index contributed by atoms with van der Waals surface area (Å²) in [5.74, 6) is 0.887. The number of halogens is 1. The lowest BCUT2D eigenvalue weighted by atomic mass is 10.2. The third kappa shape index (κ3) is 3.17. The molecule has 0 aliphatic rings. The van der Waals surface area contributed by atoms with Gasteiger partial charge in [-0.15, -0.1) is 0 Å². The molecule has 0 saturated heterocycles. The monoisotopic (exact) mass is 294 g/mol. The smallest absolute Gasteiger partial charge is 0.130 e. The van der Waals surface area contributed by atoms with Gasteiger partial charge in [0.25, 0.3) is 0 Å². The van der Waals surface area contributed by atoms with Gasteiger partial charge in [0.1, 0.15) is 12.4 Å². The Kier molecular flexibility index (Phi) is 3.97. The van der Waals surface area contributed by atoms with E-state index in [9.17, 15) is 0 Å². The van der Waals surface area contributed by atoms with Crippen molar-refractivity contribution in [3.8, 4) is 5.75 Å². The molecule has 3 nitrogen and oxygen atoms in total. The summed E-state index contributed by atoms with van der Waals surface area (Å²) in [7, 11) is 4.06. The van der Waals surface area contributed by atoms with Crippen LogP contribution in [0, 0.1) is 0 Å². The molecule has 17 heavy (non-hydrogen) atoms. The van der Waals surface area contributed by atoms with E-state index in [1.165, 1.54) is 0 Å². The molecule has 1 aromatic heterocycles. The highest BCUT2D eigenvalue weighted by atomic mass is 79.9. The van der Waals surface area contributed by atoms with Crippen molar-refractivity contribution in [1.29, 1.82) is 0 Å². The number of benzene rings is 1. The molecule has 0 bridgehead atoms. The Labute approximate surface area is 110 Å². The first-order chi connectivity index (χ1) is 8.16. The topological polar surface area (TPSA) is 25.4 Å². The fraction of sp³-hybridized carbons (Fsp3) is 0.308. The normalized spacial score (nSPS) is 11.1. The third-order valence-corrected chi connectivity index (χ3v) is 2.95. The van der Waals surface area contributed by atoms with Crippen LogP contribution in [0.5, 0.6) is 5.75 Å². The fourth-order valence-electron chi connectivity index (χ4n) is 1.56. The molecule has 0 amide bonds. The van der Waals surface area contributed by atoms with Crippen molar-refractivity contribution in [3.05, 3.63) is 34.9 Å². The zero-order valence-corrected chi connectivity index (χ0v) is 11.6. The van der Waals surface area contributed by atoms with E-state index in [1.807, 2.05) is 38.4 Å². The molecule has 1 heterocycles. The lowest BCUT2D eigenvalue weighted by molar-refractivity contribution is 0.263. The number of ether oxygens (including phenoxy) is 1. The van der Waals surface area contributed by atoms with Gasteiger partial charge in [-0.3, -0.25) is 4.98 Å². The Morgan fingerprint density at radius 1 is 1.29 bits per heavy atom. The maximum Gasteiger partial charge on any atom is 0.130 e. The van der Waals surface area contributed by atoms with Crippen LogP contribution < -0.4 is 4.74 Å². The molecule has 0 spiro atoms. The van der Waals surface area contributed by atoms with E-state index >= 15 is 0 Å². The zero-order valence-electron chi connectivity index (χ0n) is 9.98. The number of hydrogen-bond donors (Lipinski definition) is 0. The van der Waals surface area contributed by atoms with Crippen molar-refractivity contribution in [2.75, 3.05) is 27.2 Å². The van der Waals surface area contributed by atoms with Crippen molar-refractivity contribution < 1.29 is 4.74 Å². The molecule has 0 aliphatic heterocycles. The Morgan fingerprint density at radius 2 is 2.12 bits per heavy atom. The van der Waals surface area contributed by atoms with Crippen LogP contribution in [0.4, 0.5) is 0 Å². The molecule has 1 aromatic carbocycles. The van der Waals surface area contributed by atoms with Crippen LogP contribution in [0.2, 0.25) is 0 Å². The van der Waals surface area contributed by atoms with Crippen molar-refractivity contribution >= 4 is 26.8 Å². The second-order valence-electron chi connectivity index (χ2n) is 4.12. The van der Waals surface area contributed by atoms with E-state index in [0.29, 0.717) is 6.61 Å². The Hall–Kier alpha value is -1.13. The number of pyridine rings is 1. The molecular weight excluding hydrogens is 280 g/mol. The molecule has 4 heteroatoms. The van der Waals surface area contributed by atoms with E-state index in [1.54, 1.807) is 6.20 Å². The highest BCUT2D eigenvalue weighted by Crippen LogP contribution is 2.26. The van der Waals surface area contributed by atoms with Crippen LogP contribution in [0.3, 0.4) is 0 Å². The molecule has 0 unspecified atom stereocenters. The van der Waals surface area contributed by atoms with Crippen LogP contribution in [-0.4, -0.2) is 37.1 Å². The maximum atomic E-state index is 5.78. The average molecular weight is 295 g/mol. The summed E-state index contributed by atoms with van der Waals surface area (Å²) in [6.07, 6.45) is 1.78. The van der Waals surface area contributed by atoms with Gasteiger partial charge < -0.3 is 9.64 Å². The van der Waals surface area contributed by atoms with Gasteiger partial charge >= 0.3 is 0 Å². The van der Waals surface area contributed by atoms with Crippen LogP contribution in [0.1, 0.15) is 0 Å². The maximum absolute atomic E-state index is 5.78. The van der Waals surface area contributed by atoms with Crippen molar-refractivity contribution in [2.45, 2.75) is 0 Å². The van der Waals surface area contributed by atoms with Crippen molar-refractivity contribution in [2.24, 2.45) is 0 Å². The van der Waals surface area contributed by atoms with E-state index in [0.717, 1.165) is 27.7 Å². The highest BCUT2D eigenvalue weighted by molar-refractivity contribution is 9.10. The molecule has 2 rings (SSSR count). The first-order valence-electron chi connectivity index (χ1n) is 5.48. The number of aromatic nitrogens is 1. The molecule has 90 valence electrons. The van der Waals surface area contributed by atoms with Gasteiger partial charge in [-0.1, -0.05) is 15.9 Å². The molecule has 0 fully saturated rings. The Morgan fingerprint density at radius 3 is 2.88 bits per heavy atom. The number of hydrogen-bond acceptors (Lipinski definition) is 3. The zero-order chi connectivity index (χ0) is 12.3. The molecule has 0 N–H and O–H groups in total. The average Bonchev–Trinajstić information content (AvgIpc) is 2.29. The fourth-order valence-corrected chi connectivity index (χ4v) is 1.92. The molecule has 2 aromatic rings. The summed E-state index contributed by atoms with van der Waals surface area (Å²) in [4.78, 5) is 6.41.